The van der Waals surface area contributed by atoms with Crippen molar-refractivity contribution in [3.05, 3.63) is 24.3 Å². The molecule has 0 bridgehead atoms. The molecule has 110 valence electrons. The molecule has 1 unspecified atom stereocenters. The summed E-state index contributed by atoms with van der Waals surface area (Å²) in [6.07, 6.45) is 0. The number of benzene rings is 1. The van der Waals surface area contributed by atoms with E-state index in [2.05, 4.69) is 0 Å². The molecule has 1 aliphatic rings. The lowest BCUT2D eigenvalue weighted by Gasteiger charge is -2.16. The van der Waals surface area contributed by atoms with Crippen LogP contribution in [0, 0.1) is 0 Å². The first kappa shape index (κ1) is 15.5. The average molecular weight is 346 g/mol. The molecule has 1 heterocycles. The highest BCUT2D eigenvalue weighted by Crippen LogP contribution is 2.35. The number of sulfone groups is 1. The quantitative estimate of drug-likeness (QED) is 0.773. The third kappa shape index (κ3) is 2.61. The Kier molecular flexibility index (Phi) is 3.96. The number of anilines is 1. The molecule has 0 saturated carbocycles. The molecule has 1 fully saturated rings. The zero-order valence-corrected chi connectivity index (χ0v) is 12.0. The smallest absolute Gasteiger partial charge is 0.301 e. The van der Waals surface area contributed by atoms with Crippen LogP contribution in [0.3, 0.4) is 0 Å². The first-order valence-electron chi connectivity index (χ1n) is 5.13. The summed E-state index contributed by atoms with van der Waals surface area (Å²) in [5.41, 5.74) is -5.32. The van der Waals surface area contributed by atoms with Crippen molar-refractivity contribution in [1.29, 1.82) is 0 Å². The van der Waals surface area contributed by atoms with Crippen molar-refractivity contribution >= 4 is 44.8 Å². The average Bonchev–Trinajstić information content (AvgIpc) is 2.69. The minimum absolute atomic E-state index is 0.0657. The SMILES string of the molecule is O=C1C(Cl)SCN1c1cccc(S(=O)(=O)C(F)(F)F)c1. The van der Waals surface area contributed by atoms with Crippen molar-refractivity contribution < 1.29 is 26.4 Å². The Bertz CT molecular complexity index is 647. The third-order valence-electron chi connectivity index (χ3n) is 2.55. The minimum atomic E-state index is -5.44. The van der Waals surface area contributed by atoms with Crippen molar-refractivity contribution in [1.82, 2.24) is 0 Å². The van der Waals surface area contributed by atoms with E-state index in [0.29, 0.717) is 0 Å². The van der Waals surface area contributed by atoms with Crippen LogP contribution < -0.4 is 4.90 Å². The molecule has 1 amide bonds. The van der Waals surface area contributed by atoms with Gasteiger partial charge in [-0.15, -0.1) is 23.4 Å². The van der Waals surface area contributed by atoms with Crippen LogP contribution in [0.2, 0.25) is 0 Å². The summed E-state index contributed by atoms with van der Waals surface area (Å²) in [5, 5.41) is 0. The minimum Gasteiger partial charge on any atom is -0.301 e. The molecular weight excluding hydrogens is 339 g/mol. The van der Waals surface area contributed by atoms with E-state index in [0.717, 1.165) is 34.9 Å². The van der Waals surface area contributed by atoms with Gasteiger partial charge in [0.25, 0.3) is 15.7 Å². The zero-order chi connectivity index (χ0) is 15.1. The molecule has 0 aromatic heterocycles. The van der Waals surface area contributed by atoms with E-state index in [1.807, 2.05) is 0 Å². The molecule has 10 heteroatoms. The Morgan fingerprint density at radius 1 is 1.35 bits per heavy atom. The van der Waals surface area contributed by atoms with Crippen molar-refractivity contribution in [2.24, 2.45) is 0 Å². The van der Waals surface area contributed by atoms with E-state index in [-0.39, 0.29) is 11.6 Å². The summed E-state index contributed by atoms with van der Waals surface area (Å²) in [5.74, 6) is -0.332. The van der Waals surface area contributed by atoms with Crippen LogP contribution >= 0.6 is 23.4 Å². The highest BCUT2D eigenvalue weighted by Gasteiger charge is 2.47. The van der Waals surface area contributed by atoms with Crippen LogP contribution in [-0.2, 0) is 14.6 Å². The fourth-order valence-electron chi connectivity index (χ4n) is 1.55. The highest BCUT2D eigenvalue weighted by atomic mass is 35.5. The van der Waals surface area contributed by atoms with Gasteiger partial charge in [-0.05, 0) is 18.2 Å². The van der Waals surface area contributed by atoms with Crippen LogP contribution in [0.5, 0.6) is 0 Å². The predicted octanol–water partition coefficient (Wildman–Crippen LogP) is 2.58. The van der Waals surface area contributed by atoms with Crippen LogP contribution in [0.15, 0.2) is 29.2 Å². The molecular formula is C10H7ClF3NO3S2. The second kappa shape index (κ2) is 5.12. The summed E-state index contributed by atoms with van der Waals surface area (Å²) in [6.45, 7) is 0. The van der Waals surface area contributed by atoms with Gasteiger partial charge in [0.05, 0.1) is 10.8 Å². The molecule has 4 nitrogen and oxygen atoms in total. The van der Waals surface area contributed by atoms with Gasteiger partial charge >= 0.3 is 5.51 Å². The van der Waals surface area contributed by atoms with Crippen LogP contribution in [0.4, 0.5) is 18.9 Å². The molecule has 1 aliphatic heterocycles. The lowest BCUT2D eigenvalue weighted by atomic mass is 10.3. The summed E-state index contributed by atoms with van der Waals surface area (Å²) in [6, 6.07) is 4.14. The Hall–Kier alpha value is -0.930. The predicted molar refractivity (Wildman–Crippen MR) is 69.3 cm³/mol. The molecule has 1 saturated heterocycles. The first-order chi connectivity index (χ1) is 9.14. The van der Waals surface area contributed by atoms with Gasteiger partial charge in [0.1, 0.15) is 0 Å². The van der Waals surface area contributed by atoms with Gasteiger partial charge in [0, 0.05) is 5.69 Å². The zero-order valence-electron chi connectivity index (χ0n) is 9.59. The number of carbonyl (C=O) groups excluding carboxylic acids is 1. The molecule has 1 aromatic carbocycles. The number of hydrogen-bond donors (Lipinski definition) is 0. The maximum atomic E-state index is 12.5. The van der Waals surface area contributed by atoms with E-state index in [9.17, 15) is 26.4 Å². The van der Waals surface area contributed by atoms with E-state index in [4.69, 9.17) is 11.6 Å². The van der Waals surface area contributed by atoms with Crippen LogP contribution in [0.1, 0.15) is 0 Å². The number of alkyl halides is 4. The Morgan fingerprint density at radius 2 is 2.00 bits per heavy atom. The lowest BCUT2D eigenvalue weighted by molar-refractivity contribution is -0.116. The van der Waals surface area contributed by atoms with Crippen LogP contribution in [0.25, 0.3) is 0 Å². The Morgan fingerprint density at radius 3 is 2.50 bits per heavy atom. The fraction of sp³-hybridized carbons (Fsp3) is 0.300. The molecule has 20 heavy (non-hydrogen) atoms. The topological polar surface area (TPSA) is 54.5 Å². The molecule has 0 spiro atoms. The monoisotopic (exact) mass is 345 g/mol. The Labute approximate surface area is 121 Å². The van der Waals surface area contributed by atoms with E-state index in [1.54, 1.807) is 0 Å². The van der Waals surface area contributed by atoms with Crippen molar-refractivity contribution in [3.63, 3.8) is 0 Å². The van der Waals surface area contributed by atoms with Gasteiger partial charge in [-0.2, -0.15) is 13.2 Å². The number of hydrogen-bond acceptors (Lipinski definition) is 4. The van der Waals surface area contributed by atoms with Gasteiger partial charge in [-0.1, -0.05) is 6.07 Å². The maximum absolute atomic E-state index is 12.5. The third-order valence-corrected chi connectivity index (χ3v) is 5.50. The number of rotatable bonds is 2. The summed E-state index contributed by atoms with van der Waals surface area (Å²) >= 11 is 6.78. The van der Waals surface area contributed by atoms with E-state index in [1.165, 1.54) is 6.07 Å². The van der Waals surface area contributed by atoms with E-state index >= 15 is 0 Å². The Balaban J connectivity index is 2.42. The van der Waals surface area contributed by atoms with Gasteiger partial charge in [-0.3, -0.25) is 4.79 Å². The van der Waals surface area contributed by atoms with Gasteiger partial charge in [0.15, 0.2) is 4.71 Å². The maximum Gasteiger partial charge on any atom is 0.501 e. The van der Waals surface area contributed by atoms with Gasteiger partial charge in [-0.25, -0.2) is 8.42 Å². The van der Waals surface area contributed by atoms with Gasteiger partial charge in [0.2, 0.25) is 0 Å². The molecule has 0 N–H and O–H groups in total. The molecule has 0 aliphatic carbocycles. The number of amides is 1. The number of carbonyl (C=O) groups is 1. The van der Waals surface area contributed by atoms with Crippen LogP contribution in [-0.4, -0.2) is 30.4 Å². The molecule has 2 rings (SSSR count). The van der Waals surface area contributed by atoms with Crippen molar-refractivity contribution in [2.75, 3.05) is 10.8 Å². The molecule has 0 radical (unpaired) electrons. The van der Waals surface area contributed by atoms with E-state index < -0.39 is 30.9 Å². The molecule has 1 atom stereocenters. The first-order valence-corrected chi connectivity index (χ1v) is 8.10. The van der Waals surface area contributed by atoms with Crippen molar-refractivity contribution in [2.45, 2.75) is 15.1 Å². The van der Waals surface area contributed by atoms with Crippen molar-refractivity contribution in [3.8, 4) is 0 Å². The largest absolute Gasteiger partial charge is 0.501 e. The standard InChI is InChI=1S/C10H7ClF3NO3S2/c11-8-9(16)15(5-19-8)6-2-1-3-7(4-6)20(17,18)10(12,13)14/h1-4,8H,5H2. The highest BCUT2D eigenvalue weighted by molar-refractivity contribution is 8.02. The van der Waals surface area contributed by atoms with Gasteiger partial charge < -0.3 is 4.90 Å². The summed E-state index contributed by atoms with van der Waals surface area (Å²) in [4.78, 5) is 11.9. The number of nitrogens with zero attached hydrogens (tertiary/aromatic N) is 1. The number of halogens is 4. The second-order valence-corrected chi connectivity index (χ2v) is 7.52. The fourth-order valence-corrected chi connectivity index (χ4v) is 3.47. The molecule has 1 aromatic rings. The summed E-state index contributed by atoms with van der Waals surface area (Å²) < 4.78 is 59.2. The second-order valence-electron chi connectivity index (χ2n) is 3.82. The lowest BCUT2D eigenvalue weighted by Crippen LogP contribution is -2.28. The number of thioether (sulfide) groups is 1. The summed E-state index contributed by atoms with van der Waals surface area (Å²) in [7, 11) is -5.44. The normalized spacial score (nSPS) is 20.5.